The van der Waals surface area contributed by atoms with Crippen LogP contribution in [0.5, 0.6) is 0 Å². The number of unbranched alkanes of at least 4 members (excludes halogenated alkanes) is 2. The van der Waals surface area contributed by atoms with Crippen molar-refractivity contribution >= 4 is 11.9 Å². The van der Waals surface area contributed by atoms with Gasteiger partial charge in [0.05, 0.1) is 11.8 Å². The number of hydrogen-bond acceptors (Lipinski definition) is 2. The summed E-state index contributed by atoms with van der Waals surface area (Å²) in [4.78, 5) is 23.8. The van der Waals surface area contributed by atoms with Gasteiger partial charge in [-0.25, -0.2) is 0 Å². The van der Waals surface area contributed by atoms with Crippen LogP contribution in [0, 0.1) is 23.7 Å². The van der Waals surface area contributed by atoms with Crippen LogP contribution in [0.3, 0.4) is 0 Å². The Labute approximate surface area is 120 Å². The van der Waals surface area contributed by atoms with E-state index in [-0.39, 0.29) is 29.7 Å². The molecule has 20 heavy (non-hydrogen) atoms. The van der Waals surface area contributed by atoms with Crippen LogP contribution in [0.1, 0.15) is 46.0 Å². The summed E-state index contributed by atoms with van der Waals surface area (Å²) in [7, 11) is 0. The number of hydrogen-bond donors (Lipinski definition) is 2. The number of carboxylic acids is 1. The van der Waals surface area contributed by atoms with Crippen molar-refractivity contribution in [2.24, 2.45) is 23.7 Å². The minimum absolute atomic E-state index is 0.0450. The van der Waals surface area contributed by atoms with Gasteiger partial charge in [-0.1, -0.05) is 38.3 Å². The molecule has 0 aliphatic heterocycles. The van der Waals surface area contributed by atoms with E-state index in [1.807, 2.05) is 19.1 Å². The lowest BCUT2D eigenvalue weighted by molar-refractivity contribution is -0.148. The molecule has 5 unspecified atom stereocenters. The van der Waals surface area contributed by atoms with E-state index >= 15 is 0 Å². The summed E-state index contributed by atoms with van der Waals surface area (Å²) in [6, 6.07) is 0.131. The van der Waals surface area contributed by atoms with Crippen LogP contribution in [0.4, 0.5) is 0 Å². The van der Waals surface area contributed by atoms with Crippen LogP contribution in [-0.4, -0.2) is 23.0 Å². The highest BCUT2D eigenvalue weighted by Crippen LogP contribution is 2.48. The normalized spacial score (nSPS) is 32.3. The van der Waals surface area contributed by atoms with Gasteiger partial charge in [-0.05, 0) is 31.6 Å². The average Bonchev–Trinajstić information content (AvgIpc) is 2.98. The number of rotatable bonds is 7. The topological polar surface area (TPSA) is 66.4 Å². The Balaban J connectivity index is 1.91. The lowest BCUT2D eigenvalue weighted by Crippen LogP contribution is -2.43. The van der Waals surface area contributed by atoms with Crippen molar-refractivity contribution in [1.82, 2.24) is 5.32 Å². The van der Waals surface area contributed by atoms with E-state index in [0.29, 0.717) is 0 Å². The van der Waals surface area contributed by atoms with Gasteiger partial charge >= 0.3 is 5.97 Å². The van der Waals surface area contributed by atoms with E-state index in [1.54, 1.807) is 0 Å². The van der Waals surface area contributed by atoms with Gasteiger partial charge in [0.1, 0.15) is 0 Å². The van der Waals surface area contributed by atoms with E-state index < -0.39 is 11.9 Å². The fourth-order valence-corrected chi connectivity index (χ4v) is 3.63. The zero-order chi connectivity index (χ0) is 14.7. The highest BCUT2D eigenvalue weighted by Gasteiger charge is 2.51. The van der Waals surface area contributed by atoms with E-state index in [0.717, 1.165) is 19.3 Å². The third kappa shape index (κ3) is 3.05. The Hall–Kier alpha value is -1.32. The first-order chi connectivity index (χ1) is 9.54. The molecule has 2 aliphatic rings. The molecule has 0 aromatic rings. The van der Waals surface area contributed by atoms with E-state index in [1.165, 1.54) is 12.8 Å². The summed E-state index contributed by atoms with van der Waals surface area (Å²) in [5, 5.41) is 12.4. The number of nitrogens with one attached hydrogen (secondary N) is 1. The second kappa shape index (κ2) is 6.42. The standard InChI is InChI=1S/C16H25NO3/c1-3-4-5-6-10(2)17-15(18)13-11-7-8-12(9-11)14(13)16(19)20/h7-8,10-14H,3-6,9H2,1-2H3,(H,17,18)(H,19,20). The molecule has 2 bridgehead atoms. The lowest BCUT2D eigenvalue weighted by atomic mass is 9.82. The highest BCUT2D eigenvalue weighted by atomic mass is 16.4. The fourth-order valence-electron chi connectivity index (χ4n) is 3.63. The molecule has 5 atom stereocenters. The molecule has 0 radical (unpaired) electrons. The Kier molecular flexibility index (Phi) is 4.84. The Bertz CT molecular complexity index is 405. The van der Waals surface area contributed by atoms with Gasteiger partial charge in [0.25, 0.3) is 0 Å². The quantitative estimate of drug-likeness (QED) is 0.556. The molecule has 2 aliphatic carbocycles. The van der Waals surface area contributed by atoms with Crippen molar-refractivity contribution in [2.75, 3.05) is 0 Å². The Morgan fingerprint density at radius 2 is 1.90 bits per heavy atom. The third-order valence-corrected chi connectivity index (χ3v) is 4.68. The molecule has 0 heterocycles. The molecule has 2 rings (SSSR count). The van der Waals surface area contributed by atoms with Gasteiger partial charge in [-0.15, -0.1) is 0 Å². The first-order valence-corrected chi connectivity index (χ1v) is 7.76. The molecule has 1 saturated carbocycles. The van der Waals surface area contributed by atoms with Crippen LogP contribution in [-0.2, 0) is 9.59 Å². The largest absolute Gasteiger partial charge is 0.481 e. The summed E-state index contributed by atoms with van der Waals surface area (Å²) in [5.74, 6) is -1.66. The molecule has 112 valence electrons. The van der Waals surface area contributed by atoms with Gasteiger partial charge < -0.3 is 10.4 Å². The van der Waals surface area contributed by atoms with Gasteiger partial charge in [0.2, 0.25) is 5.91 Å². The predicted molar refractivity (Wildman–Crippen MR) is 77.1 cm³/mol. The van der Waals surface area contributed by atoms with Crippen molar-refractivity contribution in [3.63, 3.8) is 0 Å². The van der Waals surface area contributed by atoms with Gasteiger partial charge in [-0.2, -0.15) is 0 Å². The Morgan fingerprint density at radius 3 is 2.50 bits per heavy atom. The maximum atomic E-state index is 12.4. The first-order valence-electron chi connectivity index (χ1n) is 7.76. The van der Waals surface area contributed by atoms with Crippen LogP contribution >= 0.6 is 0 Å². The molecular formula is C16H25NO3. The Morgan fingerprint density at radius 1 is 1.25 bits per heavy atom. The number of amides is 1. The molecule has 0 spiro atoms. The molecule has 0 saturated heterocycles. The molecule has 1 amide bonds. The zero-order valence-corrected chi connectivity index (χ0v) is 12.3. The van der Waals surface area contributed by atoms with Gasteiger partial charge in [0, 0.05) is 6.04 Å². The third-order valence-electron chi connectivity index (χ3n) is 4.68. The predicted octanol–water partition coefficient (Wildman–Crippen LogP) is 2.59. The minimum Gasteiger partial charge on any atom is -0.481 e. The van der Waals surface area contributed by atoms with Crippen molar-refractivity contribution in [3.05, 3.63) is 12.2 Å². The summed E-state index contributed by atoms with van der Waals surface area (Å²) < 4.78 is 0. The van der Waals surface area contributed by atoms with Gasteiger partial charge in [0.15, 0.2) is 0 Å². The highest BCUT2D eigenvalue weighted by molar-refractivity contribution is 5.87. The van der Waals surface area contributed by atoms with Crippen molar-refractivity contribution in [2.45, 2.75) is 52.0 Å². The molecule has 4 heteroatoms. The van der Waals surface area contributed by atoms with Crippen molar-refractivity contribution in [3.8, 4) is 0 Å². The lowest BCUT2D eigenvalue weighted by Gasteiger charge is -2.25. The summed E-state index contributed by atoms with van der Waals surface area (Å²) in [6.45, 7) is 4.16. The maximum absolute atomic E-state index is 12.4. The summed E-state index contributed by atoms with van der Waals surface area (Å²) >= 11 is 0. The second-order valence-electron chi connectivity index (χ2n) is 6.24. The summed E-state index contributed by atoms with van der Waals surface area (Å²) in [5.41, 5.74) is 0. The molecule has 0 aromatic heterocycles. The monoisotopic (exact) mass is 279 g/mol. The number of fused-ring (bicyclic) bond motifs is 2. The number of aliphatic carboxylic acids is 1. The van der Waals surface area contributed by atoms with Crippen LogP contribution in [0.25, 0.3) is 0 Å². The smallest absolute Gasteiger partial charge is 0.307 e. The maximum Gasteiger partial charge on any atom is 0.307 e. The second-order valence-corrected chi connectivity index (χ2v) is 6.24. The number of carboxylic acid groups (broad SMARTS) is 1. The number of carbonyl (C=O) groups is 2. The van der Waals surface area contributed by atoms with Crippen molar-refractivity contribution < 1.29 is 14.7 Å². The number of allylic oxidation sites excluding steroid dienone is 2. The zero-order valence-electron chi connectivity index (χ0n) is 12.3. The van der Waals surface area contributed by atoms with E-state index in [9.17, 15) is 14.7 Å². The van der Waals surface area contributed by atoms with Crippen LogP contribution in [0.15, 0.2) is 12.2 Å². The molecular weight excluding hydrogens is 254 g/mol. The van der Waals surface area contributed by atoms with Crippen LogP contribution in [0.2, 0.25) is 0 Å². The van der Waals surface area contributed by atoms with Gasteiger partial charge in [-0.3, -0.25) is 9.59 Å². The number of carbonyl (C=O) groups excluding carboxylic acids is 1. The SMILES string of the molecule is CCCCCC(C)NC(=O)C1C2C=CC(C2)C1C(=O)O. The minimum atomic E-state index is -0.833. The fraction of sp³-hybridized carbons (Fsp3) is 0.750. The van der Waals surface area contributed by atoms with E-state index in [4.69, 9.17) is 0 Å². The summed E-state index contributed by atoms with van der Waals surface area (Å²) in [6.07, 6.45) is 9.23. The molecule has 2 N–H and O–H groups in total. The molecule has 4 nitrogen and oxygen atoms in total. The molecule has 1 fully saturated rings. The molecule has 0 aromatic carbocycles. The van der Waals surface area contributed by atoms with Crippen molar-refractivity contribution in [1.29, 1.82) is 0 Å². The first kappa shape index (κ1) is 15.1. The van der Waals surface area contributed by atoms with E-state index in [2.05, 4.69) is 12.2 Å². The average molecular weight is 279 g/mol. The van der Waals surface area contributed by atoms with Crippen LogP contribution < -0.4 is 5.32 Å².